The normalized spacial score (nSPS) is 10.1. The Morgan fingerprint density at radius 2 is 1.77 bits per heavy atom. The SMILES string of the molecule is Cc1cccc(CC(=O)NCC(=O)Nc2ccc(Cl)cc2)c1. The van der Waals surface area contributed by atoms with Crippen LogP contribution >= 0.6 is 11.6 Å². The summed E-state index contributed by atoms with van der Waals surface area (Å²) in [6, 6.07) is 14.5. The Kier molecular flexibility index (Phi) is 5.55. The number of rotatable bonds is 5. The zero-order valence-electron chi connectivity index (χ0n) is 12.2. The first-order chi connectivity index (χ1) is 10.5. The van der Waals surface area contributed by atoms with Crippen LogP contribution in [0, 0.1) is 6.92 Å². The molecule has 2 aromatic rings. The van der Waals surface area contributed by atoms with Crippen molar-refractivity contribution in [1.82, 2.24) is 5.32 Å². The molecule has 0 fully saturated rings. The maximum Gasteiger partial charge on any atom is 0.243 e. The molecule has 0 unspecified atom stereocenters. The molecule has 2 rings (SSSR count). The summed E-state index contributed by atoms with van der Waals surface area (Å²) < 4.78 is 0. The fourth-order valence-electron chi connectivity index (χ4n) is 1.99. The number of hydrogen-bond donors (Lipinski definition) is 2. The number of hydrogen-bond acceptors (Lipinski definition) is 2. The summed E-state index contributed by atoms with van der Waals surface area (Å²) in [5.41, 5.74) is 2.67. The zero-order chi connectivity index (χ0) is 15.9. The van der Waals surface area contributed by atoms with Crippen LogP contribution in [0.3, 0.4) is 0 Å². The van der Waals surface area contributed by atoms with E-state index < -0.39 is 0 Å². The Bertz CT molecular complexity index is 669. The molecule has 4 nitrogen and oxygen atoms in total. The van der Waals surface area contributed by atoms with Crippen LogP contribution in [0.15, 0.2) is 48.5 Å². The number of carbonyl (C=O) groups excluding carboxylic acids is 2. The van der Waals surface area contributed by atoms with Crippen LogP contribution in [0.1, 0.15) is 11.1 Å². The Morgan fingerprint density at radius 1 is 1.05 bits per heavy atom. The number of nitrogens with one attached hydrogen (secondary N) is 2. The molecule has 0 aliphatic carbocycles. The molecule has 0 spiro atoms. The summed E-state index contributed by atoms with van der Waals surface area (Å²) in [6.45, 7) is 1.91. The number of carbonyl (C=O) groups is 2. The van der Waals surface area contributed by atoms with Crippen molar-refractivity contribution in [3.63, 3.8) is 0 Å². The highest BCUT2D eigenvalue weighted by Crippen LogP contribution is 2.13. The van der Waals surface area contributed by atoms with Crippen molar-refractivity contribution >= 4 is 29.1 Å². The molecule has 2 N–H and O–H groups in total. The molecule has 22 heavy (non-hydrogen) atoms. The Hall–Kier alpha value is -2.33. The third-order valence-electron chi connectivity index (χ3n) is 3.02. The van der Waals surface area contributed by atoms with Crippen molar-refractivity contribution in [2.24, 2.45) is 0 Å². The molecule has 2 amide bonds. The first-order valence-corrected chi connectivity index (χ1v) is 7.28. The Balaban J connectivity index is 1.78. The van der Waals surface area contributed by atoms with E-state index in [2.05, 4.69) is 10.6 Å². The van der Waals surface area contributed by atoms with E-state index in [4.69, 9.17) is 11.6 Å². The van der Waals surface area contributed by atoms with Crippen molar-refractivity contribution in [3.8, 4) is 0 Å². The minimum atomic E-state index is -0.278. The standard InChI is InChI=1S/C17H17ClN2O2/c1-12-3-2-4-13(9-12)10-16(21)19-11-17(22)20-15-7-5-14(18)6-8-15/h2-9H,10-11H2,1H3,(H,19,21)(H,20,22). The Morgan fingerprint density at radius 3 is 2.45 bits per heavy atom. The second-order valence-electron chi connectivity index (χ2n) is 5.00. The average molecular weight is 317 g/mol. The molecule has 0 heterocycles. The van der Waals surface area contributed by atoms with Crippen molar-refractivity contribution in [1.29, 1.82) is 0 Å². The molecule has 0 aromatic heterocycles. The van der Waals surface area contributed by atoms with E-state index in [1.165, 1.54) is 0 Å². The van der Waals surface area contributed by atoms with E-state index >= 15 is 0 Å². The minimum absolute atomic E-state index is 0.0622. The van der Waals surface area contributed by atoms with Crippen LogP contribution in [0.4, 0.5) is 5.69 Å². The molecule has 0 aliphatic rings. The molecule has 5 heteroatoms. The smallest absolute Gasteiger partial charge is 0.243 e. The lowest BCUT2D eigenvalue weighted by Crippen LogP contribution is -2.33. The van der Waals surface area contributed by atoms with Gasteiger partial charge in [0.1, 0.15) is 0 Å². The molecule has 0 saturated carbocycles. The van der Waals surface area contributed by atoms with Crippen LogP contribution in [0.5, 0.6) is 0 Å². The van der Waals surface area contributed by atoms with Crippen molar-refractivity contribution in [2.45, 2.75) is 13.3 Å². The predicted octanol–water partition coefficient (Wildman–Crippen LogP) is 2.95. The summed E-state index contributed by atoms with van der Waals surface area (Å²) in [6.07, 6.45) is 0.260. The van der Waals surface area contributed by atoms with Gasteiger partial charge in [-0.2, -0.15) is 0 Å². The van der Waals surface area contributed by atoms with Gasteiger partial charge >= 0.3 is 0 Å². The van der Waals surface area contributed by atoms with Gasteiger partial charge in [0.05, 0.1) is 13.0 Å². The third kappa shape index (κ3) is 5.22. The van der Waals surface area contributed by atoms with Crippen LogP contribution < -0.4 is 10.6 Å². The topological polar surface area (TPSA) is 58.2 Å². The van der Waals surface area contributed by atoms with Gasteiger partial charge in [0.15, 0.2) is 0 Å². The lowest BCUT2D eigenvalue weighted by molar-refractivity contribution is -0.123. The maximum atomic E-state index is 11.8. The molecular formula is C17H17ClN2O2. The number of halogens is 1. The summed E-state index contributed by atoms with van der Waals surface area (Å²) in [5.74, 6) is -0.461. The molecular weight excluding hydrogens is 300 g/mol. The number of aryl methyl sites for hydroxylation is 1. The van der Waals surface area contributed by atoms with E-state index in [9.17, 15) is 9.59 Å². The second kappa shape index (κ2) is 7.61. The fraction of sp³-hybridized carbons (Fsp3) is 0.176. The van der Waals surface area contributed by atoms with E-state index in [1.807, 2.05) is 31.2 Å². The van der Waals surface area contributed by atoms with Crippen molar-refractivity contribution in [3.05, 3.63) is 64.7 Å². The first-order valence-electron chi connectivity index (χ1n) is 6.90. The van der Waals surface area contributed by atoms with Crippen LogP contribution in [-0.2, 0) is 16.0 Å². The fourth-order valence-corrected chi connectivity index (χ4v) is 2.11. The van der Waals surface area contributed by atoms with Gasteiger partial charge in [0.2, 0.25) is 11.8 Å². The zero-order valence-corrected chi connectivity index (χ0v) is 13.0. The maximum absolute atomic E-state index is 11.8. The average Bonchev–Trinajstić information content (AvgIpc) is 2.48. The van der Waals surface area contributed by atoms with E-state index in [0.717, 1.165) is 11.1 Å². The third-order valence-corrected chi connectivity index (χ3v) is 3.27. The van der Waals surface area contributed by atoms with Crippen molar-refractivity contribution < 1.29 is 9.59 Å². The van der Waals surface area contributed by atoms with Gasteiger partial charge in [-0.3, -0.25) is 9.59 Å². The summed E-state index contributed by atoms with van der Waals surface area (Å²) in [4.78, 5) is 23.6. The van der Waals surface area contributed by atoms with Gasteiger partial charge in [-0.05, 0) is 36.8 Å². The van der Waals surface area contributed by atoms with E-state index in [-0.39, 0.29) is 24.8 Å². The monoisotopic (exact) mass is 316 g/mol. The van der Waals surface area contributed by atoms with Crippen LogP contribution in [-0.4, -0.2) is 18.4 Å². The van der Waals surface area contributed by atoms with Gasteiger partial charge in [-0.1, -0.05) is 41.4 Å². The van der Waals surface area contributed by atoms with Gasteiger partial charge in [0.25, 0.3) is 0 Å². The minimum Gasteiger partial charge on any atom is -0.347 e. The molecule has 0 atom stereocenters. The molecule has 0 aliphatic heterocycles. The van der Waals surface area contributed by atoms with Crippen LogP contribution in [0.25, 0.3) is 0 Å². The lowest BCUT2D eigenvalue weighted by atomic mass is 10.1. The second-order valence-corrected chi connectivity index (χ2v) is 5.43. The van der Waals surface area contributed by atoms with Gasteiger partial charge in [0, 0.05) is 10.7 Å². The molecule has 2 aromatic carbocycles. The quantitative estimate of drug-likeness (QED) is 0.891. The number of anilines is 1. The largest absolute Gasteiger partial charge is 0.347 e. The van der Waals surface area contributed by atoms with Gasteiger partial charge in [-0.25, -0.2) is 0 Å². The highest BCUT2D eigenvalue weighted by Gasteiger charge is 2.07. The number of benzene rings is 2. The molecule has 0 saturated heterocycles. The van der Waals surface area contributed by atoms with Crippen molar-refractivity contribution in [2.75, 3.05) is 11.9 Å². The first kappa shape index (κ1) is 16.0. The predicted molar refractivity (Wildman–Crippen MR) is 88.0 cm³/mol. The van der Waals surface area contributed by atoms with Crippen LogP contribution in [0.2, 0.25) is 5.02 Å². The van der Waals surface area contributed by atoms with Gasteiger partial charge < -0.3 is 10.6 Å². The Labute approximate surface area is 134 Å². The van der Waals surface area contributed by atoms with Gasteiger partial charge in [-0.15, -0.1) is 0 Å². The summed E-state index contributed by atoms with van der Waals surface area (Å²) in [5, 5.41) is 5.89. The van der Waals surface area contributed by atoms with E-state index in [1.54, 1.807) is 24.3 Å². The highest BCUT2D eigenvalue weighted by molar-refractivity contribution is 6.30. The molecule has 0 radical (unpaired) electrons. The van der Waals surface area contributed by atoms with E-state index in [0.29, 0.717) is 10.7 Å². The summed E-state index contributed by atoms with van der Waals surface area (Å²) >= 11 is 5.77. The summed E-state index contributed by atoms with van der Waals surface area (Å²) in [7, 11) is 0. The highest BCUT2D eigenvalue weighted by atomic mass is 35.5. The molecule has 114 valence electrons. The lowest BCUT2D eigenvalue weighted by Gasteiger charge is -2.07. The number of amides is 2. The molecule has 0 bridgehead atoms.